The molecule has 2 unspecified atom stereocenters. The molecule has 2 atom stereocenters. The highest BCUT2D eigenvalue weighted by atomic mass is 79.9. The standard InChI is InChI=1S/C20H23BrN4O2/c1-2-10-27-17-8-6-15(7-9-17)18-12-19(24-23-18)20(26)25-22-13-14-4-3-5-16(21)11-14/h3-9,11,13,18-19,23-24H,2,10,12H2,1H3,(H,25,26)/b22-13-. The van der Waals surface area contributed by atoms with Crippen LogP contribution in [0.25, 0.3) is 0 Å². The van der Waals surface area contributed by atoms with Gasteiger partial charge in [0.15, 0.2) is 0 Å². The van der Waals surface area contributed by atoms with E-state index < -0.39 is 0 Å². The van der Waals surface area contributed by atoms with Gasteiger partial charge in [0.05, 0.1) is 12.8 Å². The van der Waals surface area contributed by atoms with Gasteiger partial charge >= 0.3 is 0 Å². The number of hydrogen-bond acceptors (Lipinski definition) is 5. The summed E-state index contributed by atoms with van der Waals surface area (Å²) in [4.78, 5) is 12.3. The number of benzene rings is 2. The van der Waals surface area contributed by atoms with Crippen LogP contribution in [0.1, 0.15) is 36.9 Å². The van der Waals surface area contributed by atoms with Crippen molar-refractivity contribution in [1.29, 1.82) is 0 Å². The second kappa shape index (κ2) is 9.64. The van der Waals surface area contributed by atoms with Crippen LogP contribution in [-0.2, 0) is 4.79 Å². The molecule has 3 N–H and O–H groups in total. The van der Waals surface area contributed by atoms with Crippen LogP contribution < -0.4 is 21.0 Å². The molecule has 1 fully saturated rings. The van der Waals surface area contributed by atoms with E-state index in [2.05, 4.69) is 44.2 Å². The molecule has 2 aromatic carbocycles. The lowest BCUT2D eigenvalue weighted by molar-refractivity contribution is -0.122. The third-order valence-electron chi connectivity index (χ3n) is 4.21. The Kier molecular flexibility index (Phi) is 6.98. The van der Waals surface area contributed by atoms with E-state index in [4.69, 9.17) is 4.74 Å². The van der Waals surface area contributed by atoms with Gasteiger partial charge in [-0.2, -0.15) is 5.10 Å². The number of amides is 1. The molecular formula is C20H23BrN4O2. The van der Waals surface area contributed by atoms with Crippen LogP contribution in [0.2, 0.25) is 0 Å². The third kappa shape index (κ3) is 5.63. The molecular weight excluding hydrogens is 408 g/mol. The predicted molar refractivity (Wildman–Crippen MR) is 110 cm³/mol. The molecule has 27 heavy (non-hydrogen) atoms. The van der Waals surface area contributed by atoms with E-state index in [0.717, 1.165) is 27.8 Å². The lowest BCUT2D eigenvalue weighted by Crippen LogP contribution is -2.41. The van der Waals surface area contributed by atoms with Gasteiger partial charge in [-0.25, -0.2) is 16.3 Å². The summed E-state index contributed by atoms with van der Waals surface area (Å²) < 4.78 is 6.57. The van der Waals surface area contributed by atoms with Crippen LogP contribution in [0.3, 0.4) is 0 Å². The molecule has 7 heteroatoms. The molecule has 2 aromatic rings. The number of ether oxygens (including phenoxy) is 1. The van der Waals surface area contributed by atoms with Crippen molar-refractivity contribution in [2.24, 2.45) is 5.10 Å². The van der Waals surface area contributed by atoms with E-state index in [9.17, 15) is 4.79 Å². The van der Waals surface area contributed by atoms with Crippen molar-refractivity contribution in [3.63, 3.8) is 0 Å². The van der Waals surface area contributed by atoms with Crippen LogP contribution in [0.4, 0.5) is 0 Å². The molecule has 0 bridgehead atoms. The van der Waals surface area contributed by atoms with Gasteiger partial charge in [0, 0.05) is 10.5 Å². The topological polar surface area (TPSA) is 74.8 Å². The number of carbonyl (C=O) groups excluding carboxylic acids is 1. The van der Waals surface area contributed by atoms with Crippen molar-refractivity contribution < 1.29 is 9.53 Å². The number of hydrazone groups is 1. The number of hydrazine groups is 1. The largest absolute Gasteiger partial charge is 0.494 e. The van der Waals surface area contributed by atoms with Crippen molar-refractivity contribution in [2.75, 3.05) is 6.61 Å². The van der Waals surface area contributed by atoms with Gasteiger partial charge in [-0.15, -0.1) is 0 Å². The number of carbonyl (C=O) groups is 1. The maximum atomic E-state index is 12.3. The molecule has 3 rings (SSSR count). The highest BCUT2D eigenvalue weighted by molar-refractivity contribution is 9.10. The van der Waals surface area contributed by atoms with E-state index in [-0.39, 0.29) is 18.0 Å². The summed E-state index contributed by atoms with van der Waals surface area (Å²) in [7, 11) is 0. The Balaban J connectivity index is 1.50. The monoisotopic (exact) mass is 430 g/mol. The Morgan fingerprint density at radius 2 is 2.11 bits per heavy atom. The van der Waals surface area contributed by atoms with Crippen LogP contribution in [0.5, 0.6) is 5.75 Å². The Bertz CT molecular complexity index is 795. The number of rotatable bonds is 7. The lowest BCUT2D eigenvalue weighted by Gasteiger charge is -2.11. The molecule has 142 valence electrons. The number of nitrogens with zero attached hydrogens (tertiary/aromatic N) is 1. The summed E-state index contributed by atoms with van der Waals surface area (Å²) in [6.07, 6.45) is 3.25. The Hall–Kier alpha value is -2.22. The zero-order valence-corrected chi connectivity index (χ0v) is 16.7. The number of nitrogens with one attached hydrogen (secondary N) is 3. The van der Waals surface area contributed by atoms with Crippen molar-refractivity contribution in [2.45, 2.75) is 31.8 Å². The Labute approximate surface area is 167 Å². The molecule has 1 aliphatic heterocycles. The zero-order chi connectivity index (χ0) is 19.1. The highest BCUT2D eigenvalue weighted by Crippen LogP contribution is 2.24. The molecule has 0 aliphatic carbocycles. The molecule has 1 amide bonds. The smallest absolute Gasteiger partial charge is 0.258 e. The molecule has 6 nitrogen and oxygen atoms in total. The SMILES string of the molecule is CCCOc1ccc(C2CC(C(=O)N/N=C\c3cccc(Br)c3)NN2)cc1. The molecule has 0 saturated carbocycles. The van der Waals surface area contributed by atoms with Gasteiger partial charge < -0.3 is 4.74 Å². The first kappa shape index (κ1) is 19.5. The van der Waals surface area contributed by atoms with Crippen molar-refractivity contribution in [3.8, 4) is 5.75 Å². The molecule has 0 radical (unpaired) electrons. The summed E-state index contributed by atoms with van der Waals surface area (Å²) in [5.41, 5.74) is 10.8. The van der Waals surface area contributed by atoms with Gasteiger partial charge in [0.2, 0.25) is 0 Å². The second-order valence-electron chi connectivity index (χ2n) is 6.34. The summed E-state index contributed by atoms with van der Waals surface area (Å²) in [5, 5.41) is 4.04. The van der Waals surface area contributed by atoms with E-state index >= 15 is 0 Å². The maximum absolute atomic E-state index is 12.3. The summed E-state index contributed by atoms with van der Waals surface area (Å²) in [5.74, 6) is 0.696. The zero-order valence-electron chi connectivity index (χ0n) is 15.1. The van der Waals surface area contributed by atoms with Gasteiger partial charge in [-0.3, -0.25) is 4.79 Å². The first-order valence-electron chi connectivity index (χ1n) is 8.98. The van der Waals surface area contributed by atoms with Crippen LogP contribution in [0, 0.1) is 0 Å². The van der Waals surface area contributed by atoms with Crippen LogP contribution >= 0.6 is 15.9 Å². The normalized spacial score (nSPS) is 19.3. The van der Waals surface area contributed by atoms with E-state index in [1.807, 2.05) is 48.5 Å². The maximum Gasteiger partial charge on any atom is 0.258 e. The molecule has 1 saturated heterocycles. The molecule has 1 aliphatic rings. The van der Waals surface area contributed by atoms with E-state index in [0.29, 0.717) is 13.0 Å². The second-order valence-corrected chi connectivity index (χ2v) is 7.25. The lowest BCUT2D eigenvalue weighted by atomic mass is 10.0. The Morgan fingerprint density at radius 3 is 2.85 bits per heavy atom. The van der Waals surface area contributed by atoms with Gasteiger partial charge in [-0.1, -0.05) is 47.1 Å². The fourth-order valence-electron chi connectivity index (χ4n) is 2.80. The minimum absolute atomic E-state index is 0.0648. The van der Waals surface area contributed by atoms with Gasteiger partial charge in [0.1, 0.15) is 11.8 Å². The Morgan fingerprint density at radius 1 is 1.30 bits per heavy atom. The number of hydrogen-bond donors (Lipinski definition) is 3. The first-order valence-corrected chi connectivity index (χ1v) is 9.77. The summed E-state index contributed by atoms with van der Waals surface area (Å²) in [6.45, 7) is 2.79. The average molecular weight is 431 g/mol. The average Bonchev–Trinajstić information content (AvgIpc) is 3.17. The third-order valence-corrected chi connectivity index (χ3v) is 4.71. The fraction of sp³-hybridized carbons (Fsp3) is 0.300. The summed E-state index contributed by atoms with van der Waals surface area (Å²) in [6, 6.07) is 15.4. The minimum atomic E-state index is -0.342. The van der Waals surface area contributed by atoms with Gasteiger partial charge in [0.25, 0.3) is 5.91 Å². The molecule has 1 heterocycles. The van der Waals surface area contributed by atoms with Gasteiger partial charge in [-0.05, 0) is 48.2 Å². The molecule has 0 aromatic heterocycles. The van der Waals surface area contributed by atoms with E-state index in [1.54, 1.807) is 6.21 Å². The highest BCUT2D eigenvalue weighted by Gasteiger charge is 2.30. The van der Waals surface area contributed by atoms with Crippen molar-refractivity contribution >= 4 is 28.1 Å². The number of halogens is 1. The van der Waals surface area contributed by atoms with Crippen LogP contribution in [0.15, 0.2) is 58.1 Å². The van der Waals surface area contributed by atoms with E-state index in [1.165, 1.54) is 0 Å². The van der Waals surface area contributed by atoms with Crippen LogP contribution in [-0.4, -0.2) is 24.8 Å². The fourth-order valence-corrected chi connectivity index (χ4v) is 3.22. The molecule has 0 spiro atoms. The minimum Gasteiger partial charge on any atom is -0.494 e. The van der Waals surface area contributed by atoms with Crippen molar-refractivity contribution in [1.82, 2.24) is 16.3 Å². The quantitative estimate of drug-likeness (QED) is 0.465. The van der Waals surface area contributed by atoms with Crippen molar-refractivity contribution in [3.05, 3.63) is 64.1 Å². The predicted octanol–water partition coefficient (Wildman–Crippen LogP) is 3.30. The summed E-state index contributed by atoms with van der Waals surface area (Å²) >= 11 is 3.41. The first-order chi connectivity index (χ1) is 13.2.